The minimum absolute atomic E-state index is 0.0347. The predicted octanol–water partition coefficient (Wildman–Crippen LogP) is 1.70. The van der Waals surface area contributed by atoms with Crippen molar-refractivity contribution in [3.05, 3.63) is 29.8 Å². The average Bonchev–Trinajstić information content (AvgIpc) is 2.39. The zero-order chi connectivity index (χ0) is 13.8. The molecule has 4 nitrogen and oxygen atoms in total. The van der Waals surface area contributed by atoms with Gasteiger partial charge in [0, 0.05) is 24.8 Å². The maximum Gasteiger partial charge on any atom is 0.242 e. The Morgan fingerprint density at radius 1 is 1.26 bits per heavy atom. The molecule has 1 aliphatic rings. The van der Waals surface area contributed by atoms with E-state index in [2.05, 4.69) is 42.8 Å². The molecule has 4 heteroatoms. The highest BCUT2D eigenvalue weighted by atomic mass is 16.2. The lowest BCUT2D eigenvalue weighted by Gasteiger charge is -2.28. The van der Waals surface area contributed by atoms with Crippen molar-refractivity contribution < 1.29 is 4.79 Å². The molecule has 1 aliphatic heterocycles. The van der Waals surface area contributed by atoms with Gasteiger partial charge in [-0.2, -0.15) is 0 Å². The molecule has 19 heavy (non-hydrogen) atoms. The van der Waals surface area contributed by atoms with Gasteiger partial charge in [-0.25, -0.2) is 0 Å². The lowest BCUT2D eigenvalue weighted by atomic mass is 10.0. The number of hydrogen-bond acceptors (Lipinski definition) is 3. The van der Waals surface area contributed by atoms with Crippen LogP contribution >= 0.6 is 0 Å². The van der Waals surface area contributed by atoms with Crippen LogP contribution in [-0.2, 0) is 4.79 Å². The topological polar surface area (TPSA) is 53.2 Å². The number of benzene rings is 1. The fourth-order valence-electron chi connectivity index (χ4n) is 2.30. The number of piperazine rings is 1. The van der Waals surface area contributed by atoms with Crippen LogP contribution in [0.2, 0.25) is 0 Å². The molecule has 0 radical (unpaired) electrons. The third-order valence-electron chi connectivity index (χ3n) is 3.50. The van der Waals surface area contributed by atoms with Gasteiger partial charge in [-0.05, 0) is 24.5 Å². The van der Waals surface area contributed by atoms with Crippen molar-refractivity contribution in [1.82, 2.24) is 10.6 Å². The number of carbonyl (C=O) groups excluding carboxylic acids is 1. The molecule has 0 aliphatic carbocycles. The van der Waals surface area contributed by atoms with Gasteiger partial charge in [-0.1, -0.05) is 32.0 Å². The van der Waals surface area contributed by atoms with Crippen LogP contribution in [-0.4, -0.2) is 31.1 Å². The largest absolute Gasteiger partial charge is 0.324 e. The van der Waals surface area contributed by atoms with Crippen molar-refractivity contribution in [2.75, 3.05) is 18.4 Å². The third kappa shape index (κ3) is 3.55. The summed E-state index contributed by atoms with van der Waals surface area (Å²) in [5, 5.41) is 9.61. The van der Waals surface area contributed by atoms with Crippen LogP contribution in [0.3, 0.4) is 0 Å². The molecule has 3 N–H and O–H groups in total. The van der Waals surface area contributed by atoms with E-state index in [9.17, 15) is 4.79 Å². The second-order valence-electron chi connectivity index (χ2n) is 5.50. The minimum atomic E-state index is -0.156. The number of nitrogens with one attached hydrogen (secondary N) is 3. The maximum absolute atomic E-state index is 12.2. The highest BCUT2D eigenvalue weighted by Gasteiger charge is 2.23. The van der Waals surface area contributed by atoms with Gasteiger partial charge in [0.05, 0.1) is 6.04 Å². The molecular formula is C15H23N3O. The zero-order valence-electron chi connectivity index (χ0n) is 11.9. The van der Waals surface area contributed by atoms with Crippen molar-refractivity contribution >= 4 is 11.6 Å². The third-order valence-corrected chi connectivity index (χ3v) is 3.50. The van der Waals surface area contributed by atoms with Gasteiger partial charge in [-0.15, -0.1) is 0 Å². The number of rotatable bonds is 3. The molecule has 1 heterocycles. The fraction of sp³-hybridized carbons (Fsp3) is 0.533. The normalized spacial score (nSPS) is 23.4. The first-order chi connectivity index (χ1) is 9.08. The van der Waals surface area contributed by atoms with E-state index in [1.807, 2.05) is 18.2 Å². The molecule has 2 atom stereocenters. The average molecular weight is 261 g/mol. The van der Waals surface area contributed by atoms with E-state index in [1.165, 1.54) is 5.56 Å². The summed E-state index contributed by atoms with van der Waals surface area (Å²) >= 11 is 0. The van der Waals surface area contributed by atoms with Crippen LogP contribution in [0, 0.1) is 0 Å². The molecule has 0 spiro atoms. The quantitative estimate of drug-likeness (QED) is 0.776. The predicted molar refractivity (Wildman–Crippen MR) is 78.4 cm³/mol. The molecule has 0 bridgehead atoms. The Hall–Kier alpha value is -1.39. The number of carbonyl (C=O) groups is 1. The Kier molecular flexibility index (Phi) is 4.56. The Labute approximate surface area is 115 Å². The monoisotopic (exact) mass is 261 g/mol. The molecule has 1 aromatic carbocycles. The summed E-state index contributed by atoms with van der Waals surface area (Å²) in [6.07, 6.45) is 0. The molecule has 104 valence electrons. The molecule has 2 unspecified atom stereocenters. The van der Waals surface area contributed by atoms with Crippen LogP contribution in [0.1, 0.15) is 32.3 Å². The molecule has 0 saturated carbocycles. The van der Waals surface area contributed by atoms with Crippen LogP contribution < -0.4 is 16.0 Å². The lowest BCUT2D eigenvalue weighted by Crippen LogP contribution is -2.57. The summed E-state index contributed by atoms with van der Waals surface area (Å²) in [5.74, 6) is 0.432. The smallest absolute Gasteiger partial charge is 0.242 e. The summed E-state index contributed by atoms with van der Waals surface area (Å²) in [6.45, 7) is 7.87. The van der Waals surface area contributed by atoms with Crippen molar-refractivity contribution in [3.63, 3.8) is 0 Å². The summed E-state index contributed by atoms with van der Waals surface area (Å²) in [5.41, 5.74) is 2.09. The van der Waals surface area contributed by atoms with E-state index in [-0.39, 0.29) is 11.9 Å². The standard InChI is InChI=1S/C15H23N3O/c1-10(2)12-6-4-5-7-13(12)18-15(19)14-9-16-11(3)8-17-14/h4-7,10-11,14,16-17H,8-9H2,1-3H3,(H,18,19). The molecule has 2 rings (SSSR count). The SMILES string of the molecule is CC1CNC(C(=O)Nc2ccccc2C(C)C)CN1. The van der Waals surface area contributed by atoms with Gasteiger partial charge in [0.15, 0.2) is 0 Å². The van der Waals surface area contributed by atoms with Gasteiger partial charge in [0.2, 0.25) is 5.91 Å². The molecule has 1 aromatic rings. The van der Waals surface area contributed by atoms with Gasteiger partial charge >= 0.3 is 0 Å². The van der Waals surface area contributed by atoms with Crippen molar-refractivity contribution in [1.29, 1.82) is 0 Å². The van der Waals surface area contributed by atoms with Crippen molar-refractivity contribution in [3.8, 4) is 0 Å². The molecule has 1 amide bonds. The van der Waals surface area contributed by atoms with Crippen LogP contribution in [0.15, 0.2) is 24.3 Å². The first kappa shape index (κ1) is 14.0. The number of hydrogen-bond donors (Lipinski definition) is 3. The highest BCUT2D eigenvalue weighted by Crippen LogP contribution is 2.23. The molecule has 1 saturated heterocycles. The van der Waals surface area contributed by atoms with E-state index in [0.717, 1.165) is 12.2 Å². The molecule has 0 aromatic heterocycles. The maximum atomic E-state index is 12.2. The second kappa shape index (κ2) is 6.17. The Morgan fingerprint density at radius 2 is 2.00 bits per heavy atom. The van der Waals surface area contributed by atoms with E-state index in [4.69, 9.17) is 0 Å². The summed E-state index contributed by atoms with van der Waals surface area (Å²) in [6, 6.07) is 8.26. The van der Waals surface area contributed by atoms with Gasteiger partial charge in [0.25, 0.3) is 0 Å². The number of anilines is 1. The lowest BCUT2D eigenvalue weighted by molar-refractivity contribution is -0.118. The van der Waals surface area contributed by atoms with Gasteiger partial charge in [-0.3, -0.25) is 4.79 Å². The Balaban J connectivity index is 2.03. The van der Waals surface area contributed by atoms with Crippen molar-refractivity contribution in [2.45, 2.75) is 38.8 Å². The van der Waals surface area contributed by atoms with Crippen LogP contribution in [0.4, 0.5) is 5.69 Å². The zero-order valence-corrected chi connectivity index (χ0v) is 11.9. The van der Waals surface area contributed by atoms with Crippen LogP contribution in [0.25, 0.3) is 0 Å². The number of para-hydroxylation sites is 1. The first-order valence-electron chi connectivity index (χ1n) is 6.94. The minimum Gasteiger partial charge on any atom is -0.324 e. The highest BCUT2D eigenvalue weighted by molar-refractivity contribution is 5.95. The summed E-state index contributed by atoms with van der Waals surface area (Å²) in [4.78, 5) is 12.2. The van der Waals surface area contributed by atoms with E-state index >= 15 is 0 Å². The Morgan fingerprint density at radius 3 is 2.63 bits per heavy atom. The van der Waals surface area contributed by atoms with Gasteiger partial charge < -0.3 is 16.0 Å². The summed E-state index contributed by atoms with van der Waals surface area (Å²) < 4.78 is 0. The number of amides is 1. The van der Waals surface area contributed by atoms with Gasteiger partial charge in [0.1, 0.15) is 0 Å². The van der Waals surface area contributed by atoms with Crippen LogP contribution in [0.5, 0.6) is 0 Å². The Bertz CT molecular complexity index is 437. The fourth-order valence-corrected chi connectivity index (χ4v) is 2.30. The second-order valence-corrected chi connectivity index (χ2v) is 5.50. The van der Waals surface area contributed by atoms with Crippen molar-refractivity contribution in [2.24, 2.45) is 0 Å². The molecular weight excluding hydrogens is 238 g/mol. The van der Waals surface area contributed by atoms with E-state index in [0.29, 0.717) is 18.5 Å². The van der Waals surface area contributed by atoms with E-state index in [1.54, 1.807) is 0 Å². The first-order valence-corrected chi connectivity index (χ1v) is 6.94. The molecule has 1 fully saturated rings. The summed E-state index contributed by atoms with van der Waals surface area (Å²) in [7, 11) is 0. The van der Waals surface area contributed by atoms with E-state index < -0.39 is 0 Å².